The first-order valence-corrected chi connectivity index (χ1v) is 7.63. The Labute approximate surface area is 144 Å². The number of esters is 1. The highest BCUT2D eigenvalue weighted by atomic mass is 16.7. The largest absolute Gasteiger partial charge is 0.465 e. The van der Waals surface area contributed by atoms with Crippen LogP contribution in [0.4, 0.5) is 0 Å². The third-order valence-corrected chi connectivity index (χ3v) is 3.97. The average molecular weight is 337 g/mol. The highest BCUT2D eigenvalue weighted by Gasteiger charge is 2.21. The van der Waals surface area contributed by atoms with Gasteiger partial charge in [-0.15, -0.1) is 0 Å². The Morgan fingerprint density at radius 2 is 1.80 bits per heavy atom. The summed E-state index contributed by atoms with van der Waals surface area (Å²) in [6.45, 7) is 0.154. The van der Waals surface area contributed by atoms with Crippen molar-refractivity contribution in [1.82, 2.24) is 0 Å². The molecule has 0 aliphatic carbocycles. The van der Waals surface area contributed by atoms with Gasteiger partial charge in [-0.05, 0) is 29.8 Å². The number of Topliss-reactive ketones (excluding diaryl/α,β-unsaturated/α-hetero) is 1. The lowest BCUT2D eigenvalue weighted by Gasteiger charge is -2.10. The van der Waals surface area contributed by atoms with Gasteiger partial charge in [0.2, 0.25) is 6.79 Å². The molecule has 1 unspecified atom stereocenters. The maximum absolute atomic E-state index is 12.4. The van der Waals surface area contributed by atoms with Gasteiger partial charge in [0.25, 0.3) is 0 Å². The molecule has 2 aromatic carbocycles. The van der Waals surface area contributed by atoms with E-state index in [9.17, 15) is 14.9 Å². The second-order valence-electron chi connectivity index (χ2n) is 5.49. The Hall–Kier alpha value is -3.33. The zero-order valence-electron chi connectivity index (χ0n) is 13.5. The predicted octanol–water partition coefficient (Wildman–Crippen LogP) is 3.08. The van der Waals surface area contributed by atoms with Crippen LogP contribution in [-0.4, -0.2) is 25.7 Å². The lowest BCUT2D eigenvalue weighted by Crippen LogP contribution is -2.07. The molecule has 6 nitrogen and oxygen atoms in total. The molecule has 0 bridgehead atoms. The highest BCUT2D eigenvalue weighted by Crippen LogP contribution is 2.35. The number of hydrogen-bond donors (Lipinski definition) is 0. The van der Waals surface area contributed by atoms with E-state index in [-0.39, 0.29) is 19.0 Å². The first-order chi connectivity index (χ1) is 12.1. The average Bonchev–Trinajstić information content (AvgIpc) is 3.13. The van der Waals surface area contributed by atoms with Gasteiger partial charge in [0, 0.05) is 12.0 Å². The van der Waals surface area contributed by atoms with E-state index in [0.29, 0.717) is 28.2 Å². The van der Waals surface area contributed by atoms with Crippen molar-refractivity contribution in [2.45, 2.75) is 12.3 Å². The third kappa shape index (κ3) is 3.45. The molecule has 0 N–H and O–H groups in total. The Bertz CT molecular complexity index is 851. The number of hydrogen-bond acceptors (Lipinski definition) is 6. The summed E-state index contributed by atoms with van der Waals surface area (Å²) in [6, 6.07) is 13.6. The molecule has 0 radical (unpaired) electrons. The molecule has 6 heteroatoms. The van der Waals surface area contributed by atoms with E-state index in [4.69, 9.17) is 9.47 Å². The van der Waals surface area contributed by atoms with Gasteiger partial charge in [0.05, 0.1) is 24.7 Å². The van der Waals surface area contributed by atoms with Crippen LogP contribution in [0.1, 0.15) is 38.6 Å². The number of benzene rings is 2. The fraction of sp³-hybridized carbons (Fsp3) is 0.211. The summed E-state index contributed by atoms with van der Waals surface area (Å²) in [4.78, 5) is 23.9. The minimum atomic E-state index is -0.595. The molecule has 1 atom stereocenters. The minimum absolute atomic E-state index is 0.0354. The van der Waals surface area contributed by atoms with E-state index < -0.39 is 11.9 Å². The van der Waals surface area contributed by atoms with Crippen molar-refractivity contribution < 1.29 is 23.8 Å². The van der Waals surface area contributed by atoms with Crippen molar-refractivity contribution in [3.63, 3.8) is 0 Å². The number of nitrogens with zero attached hydrogens (tertiary/aromatic N) is 1. The summed E-state index contributed by atoms with van der Waals surface area (Å²) >= 11 is 0. The monoisotopic (exact) mass is 337 g/mol. The Balaban J connectivity index is 1.74. The lowest BCUT2D eigenvalue weighted by atomic mass is 9.92. The summed E-state index contributed by atoms with van der Waals surface area (Å²) < 4.78 is 15.2. The van der Waals surface area contributed by atoms with E-state index >= 15 is 0 Å². The molecule has 0 amide bonds. The second kappa shape index (κ2) is 7.05. The Morgan fingerprint density at radius 1 is 1.12 bits per heavy atom. The first-order valence-electron chi connectivity index (χ1n) is 7.63. The van der Waals surface area contributed by atoms with Crippen LogP contribution in [0.15, 0.2) is 42.5 Å². The van der Waals surface area contributed by atoms with Gasteiger partial charge in [0.1, 0.15) is 0 Å². The van der Waals surface area contributed by atoms with Crippen LogP contribution in [0.2, 0.25) is 0 Å². The summed E-state index contributed by atoms with van der Waals surface area (Å²) in [7, 11) is 1.30. The molecule has 1 aliphatic rings. The van der Waals surface area contributed by atoms with Crippen molar-refractivity contribution in [2.75, 3.05) is 13.9 Å². The molecule has 0 saturated heterocycles. The van der Waals surface area contributed by atoms with Crippen LogP contribution < -0.4 is 9.47 Å². The van der Waals surface area contributed by atoms with Gasteiger partial charge in [-0.2, -0.15) is 5.26 Å². The number of ether oxygens (including phenoxy) is 3. The molecule has 0 saturated carbocycles. The minimum Gasteiger partial charge on any atom is -0.465 e. The Kier molecular flexibility index (Phi) is 4.66. The lowest BCUT2D eigenvalue weighted by molar-refractivity contribution is 0.0600. The molecule has 0 fully saturated rings. The molecule has 1 aliphatic heterocycles. The van der Waals surface area contributed by atoms with Crippen molar-refractivity contribution in [3.05, 3.63) is 59.2 Å². The normalized spacial score (nSPS) is 13.0. The molecule has 3 rings (SSSR count). The zero-order chi connectivity index (χ0) is 17.8. The van der Waals surface area contributed by atoms with Crippen LogP contribution in [0.25, 0.3) is 0 Å². The number of rotatable bonds is 5. The van der Waals surface area contributed by atoms with Gasteiger partial charge in [0.15, 0.2) is 17.3 Å². The van der Waals surface area contributed by atoms with Gasteiger partial charge in [-0.3, -0.25) is 4.79 Å². The molecule has 126 valence electrons. The maximum Gasteiger partial charge on any atom is 0.337 e. The van der Waals surface area contributed by atoms with Gasteiger partial charge < -0.3 is 14.2 Å². The van der Waals surface area contributed by atoms with E-state index in [2.05, 4.69) is 10.8 Å². The van der Waals surface area contributed by atoms with Crippen molar-refractivity contribution in [2.24, 2.45) is 0 Å². The summed E-state index contributed by atoms with van der Waals surface area (Å²) in [5.41, 5.74) is 1.51. The number of methoxy groups -OCH3 is 1. The zero-order valence-corrected chi connectivity index (χ0v) is 13.5. The number of ketones is 1. The summed E-state index contributed by atoms with van der Waals surface area (Å²) in [5.74, 6) is -0.0324. The maximum atomic E-state index is 12.4. The van der Waals surface area contributed by atoms with E-state index in [0.717, 1.165) is 0 Å². The van der Waals surface area contributed by atoms with E-state index in [1.807, 2.05) is 0 Å². The standard InChI is InChI=1S/C19H15NO5/c1-23-19(22)13-4-2-12(3-5-13)16(21)8-15(10-20)14-6-7-17-18(9-14)25-11-24-17/h2-7,9,15H,8,11H2,1H3. The summed E-state index contributed by atoms with van der Waals surface area (Å²) in [6.07, 6.45) is 0.0354. The smallest absolute Gasteiger partial charge is 0.337 e. The van der Waals surface area contributed by atoms with Crippen molar-refractivity contribution in [1.29, 1.82) is 5.26 Å². The molecular weight excluding hydrogens is 322 g/mol. The van der Waals surface area contributed by atoms with Crippen LogP contribution in [0.5, 0.6) is 11.5 Å². The molecular formula is C19H15NO5. The van der Waals surface area contributed by atoms with Crippen LogP contribution >= 0.6 is 0 Å². The molecule has 1 heterocycles. The van der Waals surface area contributed by atoms with E-state index in [1.165, 1.54) is 19.2 Å². The summed E-state index contributed by atoms with van der Waals surface area (Å²) in [5, 5.41) is 9.44. The molecule has 0 aromatic heterocycles. The first kappa shape index (κ1) is 16.5. The van der Waals surface area contributed by atoms with Crippen molar-refractivity contribution >= 4 is 11.8 Å². The third-order valence-electron chi connectivity index (χ3n) is 3.97. The molecule has 25 heavy (non-hydrogen) atoms. The van der Waals surface area contributed by atoms with Gasteiger partial charge in [-0.25, -0.2) is 4.79 Å². The predicted molar refractivity (Wildman–Crippen MR) is 87.6 cm³/mol. The van der Waals surface area contributed by atoms with Crippen molar-refractivity contribution in [3.8, 4) is 17.6 Å². The highest BCUT2D eigenvalue weighted by molar-refractivity contribution is 5.98. The molecule has 2 aromatic rings. The number of carbonyl (C=O) groups excluding carboxylic acids is 2. The number of carbonyl (C=O) groups is 2. The second-order valence-corrected chi connectivity index (χ2v) is 5.49. The quantitative estimate of drug-likeness (QED) is 0.615. The topological polar surface area (TPSA) is 85.6 Å². The van der Waals surface area contributed by atoms with Crippen LogP contribution in [0, 0.1) is 11.3 Å². The molecule has 0 spiro atoms. The Morgan fingerprint density at radius 3 is 2.48 bits per heavy atom. The fourth-order valence-corrected chi connectivity index (χ4v) is 2.58. The van der Waals surface area contributed by atoms with E-state index in [1.54, 1.807) is 30.3 Å². The number of nitriles is 1. The SMILES string of the molecule is COC(=O)c1ccc(C(=O)CC(C#N)c2ccc3c(c2)OCO3)cc1. The number of fused-ring (bicyclic) bond motifs is 1. The van der Waals surface area contributed by atoms with Crippen LogP contribution in [0.3, 0.4) is 0 Å². The van der Waals surface area contributed by atoms with Gasteiger partial charge in [-0.1, -0.05) is 18.2 Å². The van der Waals surface area contributed by atoms with Crippen LogP contribution in [-0.2, 0) is 4.74 Å². The van der Waals surface area contributed by atoms with Gasteiger partial charge >= 0.3 is 5.97 Å². The fourth-order valence-electron chi connectivity index (χ4n) is 2.58.